The maximum Gasteiger partial charge on any atom is 0.328 e. The number of H-pyrrole nitrogens is 1. The predicted molar refractivity (Wildman–Crippen MR) is 96.0 cm³/mol. The zero-order chi connectivity index (χ0) is 18.7. The normalized spacial score (nSPS) is 10.5. The van der Waals surface area contributed by atoms with E-state index in [0.29, 0.717) is 5.69 Å². The van der Waals surface area contributed by atoms with E-state index in [9.17, 15) is 18.8 Å². The summed E-state index contributed by atoms with van der Waals surface area (Å²) >= 11 is 0. The SMILES string of the molecule is Cc1ccc(NC(=O)c2c[nH]c(=O)n(Cc3ccccc3F)c2=O)cc1. The van der Waals surface area contributed by atoms with Crippen molar-refractivity contribution in [2.45, 2.75) is 13.5 Å². The van der Waals surface area contributed by atoms with Crippen molar-refractivity contribution in [3.05, 3.63) is 98.1 Å². The number of carbonyl (C=O) groups excluding carboxylic acids is 1. The zero-order valence-electron chi connectivity index (χ0n) is 14.0. The summed E-state index contributed by atoms with van der Waals surface area (Å²) in [6, 6.07) is 12.9. The number of halogens is 1. The molecule has 7 heteroatoms. The van der Waals surface area contributed by atoms with Gasteiger partial charge >= 0.3 is 5.69 Å². The minimum absolute atomic E-state index is 0.177. The van der Waals surface area contributed by atoms with Crippen molar-refractivity contribution in [2.75, 3.05) is 5.32 Å². The molecular formula is C19H16FN3O3. The number of amides is 1. The molecule has 0 aliphatic carbocycles. The van der Waals surface area contributed by atoms with Crippen LogP contribution in [-0.2, 0) is 6.54 Å². The standard InChI is InChI=1S/C19H16FN3O3/c1-12-6-8-14(9-7-12)22-17(24)15-10-21-19(26)23(18(15)25)11-13-4-2-3-5-16(13)20/h2-10H,11H2,1H3,(H,21,26)(H,22,24). The van der Waals surface area contributed by atoms with E-state index in [1.807, 2.05) is 19.1 Å². The van der Waals surface area contributed by atoms with Crippen LogP contribution >= 0.6 is 0 Å². The lowest BCUT2D eigenvalue weighted by molar-refractivity contribution is 0.102. The average molecular weight is 353 g/mol. The molecule has 3 rings (SSSR count). The van der Waals surface area contributed by atoms with E-state index in [4.69, 9.17) is 0 Å². The fourth-order valence-electron chi connectivity index (χ4n) is 2.45. The maximum atomic E-state index is 13.8. The molecule has 0 aliphatic rings. The molecule has 0 fully saturated rings. The first kappa shape index (κ1) is 17.3. The summed E-state index contributed by atoms with van der Waals surface area (Å²) in [5, 5.41) is 2.60. The lowest BCUT2D eigenvalue weighted by atomic mass is 10.2. The zero-order valence-corrected chi connectivity index (χ0v) is 14.0. The van der Waals surface area contributed by atoms with Gasteiger partial charge in [0.15, 0.2) is 0 Å². The predicted octanol–water partition coefficient (Wildman–Crippen LogP) is 2.28. The van der Waals surface area contributed by atoms with E-state index < -0.39 is 23.0 Å². The number of hydrogen-bond acceptors (Lipinski definition) is 3. The molecule has 0 spiro atoms. The highest BCUT2D eigenvalue weighted by molar-refractivity contribution is 6.03. The molecular weight excluding hydrogens is 337 g/mol. The Bertz CT molecular complexity index is 1070. The monoisotopic (exact) mass is 353 g/mol. The second-order valence-electron chi connectivity index (χ2n) is 5.81. The summed E-state index contributed by atoms with van der Waals surface area (Å²) in [4.78, 5) is 39.3. The van der Waals surface area contributed by atoms with Gasteiger partial charge in [0.05, 0.1) is 6.54 Å². The van der Waals surface area contributed by atoms with Gasteiger partial charge in [0.25, 0.3) is 11.5 Å². The summed E-state index contributed by atoms with van der Waals surface area (Å²) in [5.41, 5.74) is -0.0180. The highest BCUT2D eigenvalue weighted by Gasteiger charge is 2.16. The Morgan fingerprint density at radius 3 is 2.50 bits per heavy atom. The first-order chi connectivity index (χ1) is 12.5. The smallest absolute Gasteiger partial charge is 0.322 e. The maximum absolute atomic E-state index is 13.8. The number of nitrogens with zero attached hydrogens (tertiary/aromatic N) is 1. The van der Waals surface area contributed by atoms with Gasteiger partial charge in [-0.3, -0.25) is 14.2 Å². The van der Waals surface area contributed by atoms with E-state index in [-0.39, 0.29) is 17.7 Å². The minimum atomic E-state index is -0.790. The number of benzene rings is 2. The van der Waals surface area contributed by atoms with Crippen molar-refractivity contribution < 1.29 is 9.18 Å². The van der Waals surface area contributed by atoms with Crippen LogP contribution in [0.5, 0.6) is 0 Å². The number of anilines is 1. The molecule has 2 aromatic carbocycles. The van der Waals surface area contributed by atoms with Crippen LogP contribution in [-0.4, -0.2) is 15.5 Å². The molecule has 1 amide bonds. The van der Waals surface area contributed by atoms with Crippen LogP contribution in [0.2, 0.25) is 0 Å². The first-order valence-corrected chi connectivity index (χ1v) is 7.89. The quantitative estimate of drug-likeness (QED) is 0.755. The Hall–Kier alpha value is -3.48. The van der Waals surface area contributed by atoms with Gasteiger partial charge in [-0.25, -0.2) is 9.18 Å². The van der Waals surface area contributed by atoms with Crippen LogP contribution in [0.4, 0.5) is 10.1 Å². The molecule has 0 saturated carbocycles. The minimum Gasteiger partial charge on any atom is -0.322 e. The molecule has 0 aliphatic heterocycles. The van der Waals surface area contributed by atoms with E-state index in [1.54, 1.807) is 18.2 Å². The Labute approximate surface area is 147 Å². The van der Waals surface area contributed by atoms with E-state index in [2.05, 4.69) is 10.3 Å². The molecule has 132 valence electrons. The van der Waals surface area contributed by atoms with Crippen molar-refractivity contribution in [3.8, 4) is 0 Å². The number of nitrogens with one attached hydrogen (secondary N) is 2. The fraction of sp³-hybridized carbons (Fsp3) is 0.105. The number of aryl methyl sites for hydroxylation is 1. The van der Waals surface area contributed by atoms with E-state index in [0.717, 1.165) is 16.3 Å². The topological polar surface area (TPSA) is 84.0 Å². The lowest BCUT2D eigenvalue weighted by Crippen LogP contribution is -2.39. The lowest BCUT2D eigenvalue weighted by Gasteiger charge is -2.09. The van der Waals surface area contributed by atoms with Crippen LogP contribution in [0, 0.1) is 12.7 Å². The van der Waals surface area contributed by atoms with Crippen molar-refractivity contribution in [2.24, 2.45) is 0 Å². The van der Waals surface area contributed by atoms with Crippen molar-refractivity contribution in [1.82, 2.24) is 9.55 Å². The number of hydrogen-bond donors (Lipinski definition) is 2. The molecule has 0 bridgehead atoms. The van der Waals surface area contributed by atoms with Gasteiger partial charge in [-0.15, -0.1) is 0 Å². The number of aromatic nitrogens is 2. The Kier molecular flexibility index (Phi) is 4.79. The second-order valence-corrected chi connectivity index (χ2v) is 5.81. The number of carbonyl (C=O) groups is 1. The van der Waals surface area contributed by atoms with Gasteiger partial charge in [0.1, 0.15) is 11.4 Å². The molecule has 0 unspecified atom stereocenters. The van der Waals surface area contributed by atoms with Gasteiger partial charge in [-0.1, -0.05) is 35.9 Å². The summed E-state index contributed by atoms with van der Waals surface area (Å²) < 4.78 is 14.6. The van der Waals surface area contributed by atoms with Crippen LogP contribution < -0.4 is 16.6 Å². The van der Waals surface area contributed by atoms with Crippen LogP contribution in [0.25, 0.3) is 0 Å². The number of rotatable bonds is 4. The van der Waals surface area contributed by atoms with E-state index >= 15 is 0 Å². The summed E-state index contributed by atoms with van der Waals surface area (Å²) in [6.07, 6.45) is 1.06. The summed E-state index contributed by atoms with van der Waals surface area (Å²) in [6.45, 7) is 1.64. The van der Waals surface area contributed by atoms with Gasteiger partial charge < -0.3 is 10.3 Å². The van der Waals surface area contributed by atoms with Gasteiger partial charge in [-0.05, 0) is 25.1 Å². The van der Waals surface area contributed by atoms with Crippen molar-refractivity contribution in [1.29, 1.82) is 0 Å². The Morgan fingerprint density at radius 1 is 1.12 bits per heavy atom. The third-order valence-electron chi connectivity index (χ3n) is 3.90. The number of aromatic amines is 1. The Balaban J connectivity index is 1.93. The summed E-state index contributed by atoms with van der Waals surface area (Å²) in [5.74, 6) is -1.19. The third kappa shape index (κ3) is 3.61. The van der Waals surface area contributed by atoms with E-state index in [1.165, 1.54) is 18.2 Å². The van der Waals surface area contributed by atoms with Crippen molar-refractivity contribution in [3.63, 3.8) is 0 Å². The molecule has 1 heterocycles. The molecule has 2 N–H and O–H groups in total. The second kappa shape index (κ2) is 7.18. The molecule has 0 radical (unpaired) electrons. The average Bonchev–Trinajstić information content (AvgIpc) is 2.62. The Morgan fingerprint density at radius 2 is 1.81 bits per heavy atom. The molecule has 6 nitrogen and oxygen atoms in total. The third-order valence-corrected chi connectivity index (χ3v) is 3.90. The van der Waals surface area contributed by atoms with Gasteiger partial charge in [-0.2, -0.15) is 0 Å². The van der Waals surface area contributed by atoms with Gasteiger partial charge in [0.2, 0.25) is 0 Å². The molecule has 0 saturated heterocycles. The molecule has 1 aromatic heterocycles. The highest BCUT2D eigenvalue weighted by atomic mass is 19.1. The molecule has 3 aromatic rings. The molecule has 26 heavy (non-hydrogen) atoms. The largest absolute Gasteiger partial charge is 0.328 e. The van der Waals surface area contributed by atoms with Crippen LogP contribution in [0.3, 0.4) is 0 Å². The fourth-order valence-corrected chi connectivity index (χ4v) is 2.45. The first-order valence-electron chi connectivity index (χ1n) is 7.89. The van der Waals surface area contributed by atoms with Crippen molar-refractivity contribution >= 4 is 11.6 Å². The van der Waals surface area contributed by atoms with Gasteiger partial charge in [0, 0.05) is 17.4 Å². The van der Waals surface area contributed by atoms with Crippen LogP contribution in [0.15, 0.2) is 64.3 Å². The molecule has 0 atom stereocenters. The van der Waals surface area contributed by atoms with Crippen LogP contribution in [0.1, 0.15) is 21.5 Å². The highest BCUT2D eigenvalue weighted by Crippen LogP contribution is 2.10. The summed E-state index contributed by atoms with van der Waals surface area (Å²) in [7, 11) is 0.